The third kappa shape index (κ3) is 5.29. The fraction of sp³-hybridized carbons (Fsp3) is 0.474. The minimum absolute atomic E-state index is 0.582. The van der Waals surface area contributed by atoms with Crippen LogP contribution in [0.4, 0.5) is 0 Å². The van der Waals surface area contributed by atoms with Gasteiger partial charge in [0.2, 0.25) is 0 Å². The molecule has 0 amide bonds. The Bertz CT molecular complexity index is 544. The van der Waals surface area contributed by atoms with Gasteiger partial charge in [-0.1, -0.05) is 43.7 Å². The average molecular weight is 301 g/mol. The molecule has 0 bridgehead atoms. The van der Waals surface area contributed by atoms with E-state index in [1.807, 2.05) is 11.3 Å². The van der Waals surface area contributed by atoms with E-state index in [1.165, 1.54) is 27.3 Å². The number of thiophene rings is 1. The quantitative estimate of drug-likeness (QED) is 0.740. The van der Waals surface area contributed by atoms with Gasteiger partial charge in [0.1, 0.15) is 0 Å². The number of hydrogen-bond donors (Lipinski definition) is 1. The standard InChI is InChI=1S/C19H27NS/c1-4-18-11-12-19(21-18)14-17(20-5-2)10-9-16-8-6-7-15(3)13-16/h6-8,11-13,17,20H,4-5,9-10,14H2,1-3H3. The van der Waals surface area contributed by atoms with Crippen LogP contribution >= 0.6 is 11.3 Å². The van der Waals surface area contributed by atoms with Crippen molar-refractivity contribution in [3.05, 3.63) is 57.3 Å². The highest BCUT2D eigenvalue weighted by Gasteiger charge is 2.10. The van der Waals surface area contributed by atoms with Gasteiger partial charge in [-0.25, -0.2) is 0 Å². The summed E-state index contributed by atoms with van der Waals surface area (Å²) in [4.78, 5) is 3.01. The van der Waals surface area contributed by atoms with Crippen molar-refractivity contribution in [1.29, 1.82) is 0 Å². The predicted octanol–water partition coefficient (Wildman–Crippen LogP) is 4.77. The van der Waals surface area contributed by atoms with Crippen molar-refractivity contribution in [3.63, 3.8) is 0 Å². The van der Waals surface area contributed by atoms with Crippen LogP contribution in [0, 0.1) is 6.92 Å². The third-order valence-corrected chi connectivity index (χ3v) is 5.12. The van der Waals surface area contributed by atoms with E-state index >= 15 is 0 Å². The molecule has 1 aromatic heterocycles. The van der Waals surface area contributed by atoms with Gasteiger partial charge in [-0.2, -0.15) is 0 Å². The van der Waals surface area contributed by atoms with Gasteiger partial charge in [0.25, 0.3) is 0 Å². The summed E-state index contributed by atoms with van der Waals surface area (Å²) >= 11 is 1.97. The number of likely N-dealkylation sites (N-methyl/N-ethyl adjacent to an activating group) is 1. The van der Waals surface area contributed by atoms with E-state index in [2.05, 4.69) is 62.5 Å². The second-order valence-corrected chi connectivity index (χ2v) is 6.96. The molecule has 1 unspecified atom stereocenters. The molecular weight excluding hydrogens is 274 g/mol. The Hall–Kier alpha value is -1.12. The minimum atomic E-state index is 0.582. The minimum Gasteiger partial charge on any atom is -0.314 e. The second-order valence-electron chi connectivity index (χ2n) is 5.71. The molecule has 21 heavy (non-hydrogen) atoms. The lowest BCUT2D eigenvalue weighted by atomic mass is 10.0. The second kappa shape index (κ2) is 8.35. The molecule has 1 nitrogen and oxygen atoms in total. The van der Waals surface area contributed by atoms with Crippen LogP contribution in [0.3, 0.4) is 0 Å². The van der Waals surface area contributed by atoms with E-state index < -0.39 is 0 Å². The zero-order valence-corrected chi connectivity index (χ0v) is 14.3. The summed E-state index contributed by atoms with van der Waals surface area (Å²) in [5, 5.41) is 3.65. The van der Waals surface area contributed by atoms with E-state index in [0.717, 1.165) is 25.8 Å². The van der Waals surface area contributed by atoms with E-state index in [9.17, 15) is 0 Å². The van der Waals surface area contributed by atoms with Gasteiger partial charge in [0.05, 0.1) is 0 Å². The number of hydrogen-bond acceptors (Lipinski definition) is 2. The molecular formula is C19H27NS. The first-order valence-corrected chi connectivity index (χ1v) is 8.89. The van der Waals surface area contributed by atoms with Gasteiger partial charge in [0, 0.05) is 15.8 Å². The van der Waals surface area contributed by atoms with E-state index in [-0.39, 0.29) is 0 Å². The number of nitrogens with one attached hydrogen (secondary N) is 1. The zero-order chi connectivity index (χ0) is 15.1. The zero-order valence-electron chi connectivity index (χ0n) is 13.5. The van der Waals surface area contributed by atoms with Crippen LogP contribution in [-0.4, -0.2) is 12.6 Å². The number of rotatable bonds is 8. The van der Waals surface area contributed by atoms with Crippen molar-refractivity contribution in [3.8, 4) is 0 Å². The normalized spacial score (nSPS) is 12.5. The van der Waals surface area contributed by atoms with Crippen LogP contribution in [0.25, 0.3) is 0 Å². The Kier molecular flexibility index (Phi) is 6.47. The van der Waals surface area contributed by atoms with Gasteiger partial charge in [-0.15, -0.1) is 11.3 Å². The van der Waals surface area contributed by atoms with Crippen LogP contribution in [0.1, 0.15) is 41.1 Å². The van der Waals surface area contributed by atoms with Gasteiger partial charge >= 0.3 is 0 Å². The molecule has 1 aromatic carbocycles. The van der Waals surface area contributed by atoms with Crippen molar-refractivity contribution in [2.75, 3.05) is 6.54 Å². The van der Waals surface area contributed by atoms with Gasteiger partial charge in [-0.3, -0.25) is 0 Å². The van der Waals surface area contributed by atoms with Crippen molar-refractivity contribution < 1.29 is 0 Å². The van der Waals surface area contributed by atoms with Crippen molar-refractivity contribution >= 4 is 11.3 Å². The molecule has 0 saturated carbocycles. The van der Waals surface area contributed by atoms with E-state index in [1.54, 1.807) is 0 Å². The molecule has 2 aromatic rings. The Morgan fingerprint density at radius 1 is 1.10 bits per heavy atom. The number of aryl methyl sites for hydroxylation is 3. The molecule has 2 rings (SSSR count). The average Bonchev–Trinajstić information content (AvgIpc) is 2.93. The predicted molar refractivity (Wildman–Crippen MR) is 94.4 cm³/mol. The van der Waals surface area contributed by atoms with Crippen molar-refractivity contribution in [1.82, 2.24) is 5.32 Å². The first-order valence-electron chi connectivity index (χ1n) is 8.07. The molecule has 1 N–H and O–H groups in total. The SMILES string of the molecule is CCNC(CCc1cccc(C)c1)Cc1ccc(CC)s1. The Morgan fingerprint density at radius 2 is 1.90 bits per heavy atom. The van der Waals surface area contributed by atoms with Crippen molar-refractivity contribution in [2.45, 2.75) is 52.5 Å². The van der Waals surface area contributed by atoms with E-state index in [0.29, 0.717) is 6.04 Å². The monoisotopic (exact) mass is 301 g/mol. The van der Waals surface area contributed by atoms with E-state index in [4.69, 9.17) is 0 Å². The molecule has 2 heteroatoms. The molecule has 0 saturated heterocycles. The highest BCUT2D eigenvalue weighted by molar-refractivity contribution is 7.11. The maximum absolute atomic E-state index is 3.65. The maximum atomic E-state index is 3.65. The molecule has 0 aliphatic rings. The van der Waals surface area contributed by atoms with Crippen LogP contribution in [-0.2, 0) is 19.3 Å². The summed E-state index contributed by atoms with van der Waals surface area (Å²) < 4.78 is 0. The highest BCUT2D eigenvalue weighted by atomic mass is 32.1. The number of benzene rings is 1. The Balaban J connectivity index is 1.92. The fourth-order valence-electron chi connectivity index (χ4n) is 2.74. The summed E-state index contributed by atoms with van der Waals surface area (Å²) in [7, 11) is 0. The van der Waals surface area contributed by atoms with Gasteiger partial charge in [-0.05, 0) is 56.8 Å². The molecule has 114 valence electrons. The van der Waals surface area contributed by atoms with Crippen LogP contribution in [0.2, 0.25) is 0 Å². The maximum Gasteiger partial charge on any atom is 0.0118 e. The molecule has 0 aliphatic carbocycles. The molecule has 0 spiro atoms. The Morgan fingerprint density at radius 3 is 2.57 bits per heavy atom. The first kappa shape index (κ1) is 16.3. The summed E-state index contributed by atoms with van der Waals surface area (Å²) in [6.07, 6.45) is 4.67. The molecule has 0 fully saturated rings. The summed E-state index contributed by atoms with van der Waals surface area (Å²) in [6.45, 7) is 7.65. The van der Waals surface area contributed by atoms with Crippen molar-refractivity contribution in [2.24, 2.45) is 0 Å². The summed E-state index contributed by atoms with van der Waals surface area (Å²) in [5.41, 5.74) is 2.82. The highest BCUT2D eigenvalue weighted by Crippen LogP contribution is 2.20. The lowest BCUT2D eigenvalue weighted by Crippen LogP contribution is -2.31. The fourth-order valence-corrected chi connectivity index (χ4v) is 3.78. The lowest BCUT2D eigenvalue weighted by Gasteiger charge is -2.17. The summed E-state index contributed by atoms with van der Waals surface area (Å²) in [5.74, 6) is 0. The smallest absolute Gasteiger partial charge is 0.0118 e. The van der Waals surface area contributed by atoms with Gasteiger partial charge < -0.3 is 5.32 Å². The molecule has 0 radical (unpaired) electrons. The summed E-state index contributed by atoms with van der Waals surface area (Å²) in [6, 6.07) is 14.1. The van der Waals surface area contributed by atoms with Crippen LogP contribution < -0.4 is 5.32 Å². The largest absolute Gasteiger partial charge is 0.314 e. The van der Waals surface area contributed by atoms with Gasteiger partial charge in [0.15, 0.2) is 0 Å². The Labute approximate surface area is 133 Å². The molecule has 0 aliphatic heterocycles. The van der Waals surface area contributed by atoms with Crippen LogP contribution in [0.5, 0.6) is 0 Å². The van der Waals surface area contributed by atoms with Crippen LogP contribution in [0.15, 0.2) is 36.4 Å². The lowest BCUT2D eigenvalue weighted by molar-refractivity contribution is 0.494. The first-order chi connectivity index (χ1) is 10.2. The molecule has 1 atom stereocenters. The third-order valence-electron chi connectivity index (χ3n) is 3.87. The topological polar surface area (TPSA) is 12.0 Å². The molecule has 1 heterocycles.